The van der Waals surface area contributed by atoms with E-state index in [2.05, 4.69) is 308 Å². The lowest BCUT2D eigenvalue weighted by molar-refractivity contribution is 0.589. The number of aromatic nitrogens is 2. The van der Waals surface area contributed by atoms with Crippen molar-refractivity contribution in [3.8, 4) is 22.3 Å². The van der Waals surface area contributed by atoms with E-state index in [1.165, 1.54) is 190 Å². The van der Waals surface area contributed by atoms with Crippen LogP contribution in [0, 0.1) is 0 Å². The van der Waals surface area contributed by atoms with Crippen LogP contribution in [0.15, 0.2) is 206 Å². The number of hydrogen-bond donors (Lipinski definition) is 0. The van der Waals surface area contributed by atoms with Gasteiger partial charge in [0.1, 0.15) is 0 Å². The van der Waals surface area contributed by atoms with Crippen molar-refractivity contribution in [1.82, 2.24) is 8.80 Å². The molecule has 17 rings (SSSR count). The molecule has 0 spiro atoms. The first kappa shape index (κ1) is 56.6. The van der Waals surface area contributed by atoms with E-state index in [0.717, 1.165) is 25.7 Å². The number of aryl methyl sites for hydroxylation is 4. The van der Waals surface area contributed by atoms with Crippen molar-refractivity contribution in [3.63, 3.8) is 0 Å². The van der Waals surface area contributed by atoms with Gasteiger partial charge >= 0.3 is 0 Å². The largest absolute Gasteiger partial charge is 0.309 e. The normalized spacial score (nSPS) is 14.0. The third-order valence-corrected chi connectivity index (χ3v) is 21.3. The van der Waals surface area contributed by atoms with E-state index in [1.807, 2.05) is 0 Å². The average molecular weight is 1200 g/mol. The topological polar surface area (TPSA) is 15.3 Å². The van der Waals surface area contributed by atoms with Gasteiger partial charge in [-0.3, -0.25) is 0 Å². The van der Waals surface area contributed by atoms with Crippen molar-refractivity contribution in [2.24, 2.45) is 0 Å². The van der Waals surface area contributed by atoms with E-state index >= 15 is 0 Å². The molecule has 0 amide bonds. The first-order chi connectivity index (χ1) is 44.2. The van der Waals surface area contributed by atoms with Crippen LogP contribution in [0.1, 0.15) is 140 Å². The van der Waals surface area contributed by atoms with Gasteiger partial charge < -0.3 is 18.6 Å². The lowest BCUT2D eigenvalue weighted by Crippen LogP contribution is -2.15. The zero-order valence-electron chi connectivity index (χ0n) is 55.7. The van der Waals surface area contributed by atoms with E-state index in [1.54, 1.807) is 0 Å². The molecule has 4 aromatic heterocycles. The Morgan fingerprint density at radius 1 is 0.283 bits per heavy atom. The van der Waals surface area contributed by atoms with Crippen LogP contribution >= 0.6 is 0 Å². The molecule has 0 radical (unpaired) electrons. The highest BCUT2D eigenvalue weighted by Gasteiger charge is 2.32. The zero-order chi connectivity index (χ0) is 63.1. The van der Waals surface area contributed by atoms with Crippen LogP contribution < -0.4 is 9.80 Å². The van der Waals surface area contributed by atoms with Crippen LogP contribution in [0.25, 0.3) is 98.4 Å². The standard InChI is InChI=1S/C88H82N4/c1-85(2,3)59-33-27-55(28-34-59)69-49-61(87(7,8)9)37-43-75(69)89(63-39-31-53-19-17-21-57(53)47-63)77-45-41-65-71-51-80-72(52-79(71)91-73-25-15-13-23-67(73)81(77)83(65)91)66-42-46-78(82-68-24-14-16-26-74(68)92(80)84(66)82)90(64-40-32-54-20-18-22-58(54)48-64)76-44-38-62(88(10,11)12)50-70(76)56-29-35-60(36-30-56)86(4,5)6/h13-16,23-52H,17-22H2,1-12H3. The lowest BCUT2D eigenvalue weighted by atomic mass is 9.83. The monoisotopic (exact) mass is 1190 g/mol. The minimum absolute atomic E-state index is 0.0427. The first-order valence-corrected chi connectivity index (χ1v) is 33.8. The predicted molar refractivity (Wildman–Crippen MR) is 395 cm³/mol. The fourth-order valence-electron chi connectivity index (χ4n) is 16.2. The molecule has 4 heterocycles. The number of benzene rings is 11. The average Bonchev–Trinajstić information content (AvgIpc) is 1.51. The third kappa shape index (κ3) is 8.68. The number of hydrogen-bond acceptors (Lipinski definition) is 2. The summed E-state index contributed by atoms with van der Waals surface area (Å²) in [7, 11) is 0. The van der Waals surface area contributed by atoms with Gasteiger partial charge in [-0.15, -0.1) is 0 Å². The van der Waals surface area contributed by atoms with Gasteiger partial charge in [0.2, 0.25) is 0 Å². The Balaban J connectivity index is 0.914. The summed E-state index contributed by atoms with van der Waals surface area (Å²) in [6.07, 6.45) is 6.88. The molecule has 0 fully saturated rings. The molecular weight excluding hydrogens is 1110 g/mol. The Labute approximate surface area is 542 Å². The lowest BCUT2D eigenvalue weighted by Gasteiger charge is -2.31. The molecule has 2 aliphatic carbocycles. The van der Waals surface area contributed by atoms with Gasteiger partial charge in [-0.25, -0.2) is 0 Å². The van der Waals surface area contributed by atoms with Crippen LogP contribution in [0.4, 0.5) is 34.1 Å². The molecule has 2 aliphatic rings. The van der Waals surface area contributed by atoms with Crippen molar-refractivity contribution in [3.05, 3.63) is 251 Å². The van der Waals surface area contributed by atoms with E-state index in [0.29, 0.717) is 0 Å². The highest BCUT2D eigenvalue weighted by atomic mass is 15.2. The van der Waals surface area contributed by atoms with Crippen LogP contribution in [0.2, 0.25) is 0 Å². The summed E-state index contributed by atoms with van der Waals surface area (Å²) in [5.74, 6) is 0. The minimum atomic E-state index is -0.0447. The van der Waals surface area contributed by atoms with E-state index < -0.39 is 0 Å². The van der Waals surface area contributed by atoms with Crippen molar-refractivity contribution in [2.75, 3.05) is 9.80 Å². The van der Waals surface area contributed by atoms with Crippen molar-refractivity contribution in [2.45, 2.75) is 143 Å². The molecule has 15 aromatic rings. The highest BCUT2D eigenvalue weighted by molar-refractivity contribution is 6.32. The first-order valence-electron chi connectivity index (χ1n) is 33.8. The third-order valence-electron chi connectivity index (χ3n) is 21.3. The van der Waals surface area contributed by atoms with Gasteiger partial charge in [0.05, 0.1) is 55.8 Å². The Morgan fingerprint density at radius 2 is 0.641 bits per heavy atom. The van der Waals surface area contributed by atoms with Gasteiger partial charge in [-0.05, 0) is 201 Å². The zero-order valence-corrected chi connectivity index (χ0v) is 55.7. The molecule has 0 aliphatic heterocycles. The summed E-state index contributed by atoms with van der Waals surface area (Å²) in [5, 5.41) is 10.1. The Bertz CT molecular complexity index is 5140. The fraction of sp³-hybridized carbons (Fsp3) is 0.250. The maximum Gasteiger partial charge on any atom is 0.0641 e. The smallest absolute Gasteiger partial charge is 0.0641 e. The van der Waals surface area contributed by atoms with Gasteiger partial charge in [0.15, 0.2) is 0 Å². The summed E-state index contributed by atoms with van der Waals surface area (Å²) >= 11 is 0. The molecule has 0 saturated carbocycles. The van der Waals surface area contributed by atoms with Crippen molar-refractivity contribution >= 4 is 110 Å². The van der Waals surface area contributed by atoms with Crippen molar-refractivity contribution in [1.29, 1.82) is 0 Å². The van der Waals surface area contributed by atoms with Gasteiger partial charge in [0, 0.05) is 65.6 Å². The van der Waals surface area contributed by atoms with E-state index in [-0.39, 0.29) is 21.7 Å². The second kappa shape index (κ2) is 20.1. The number of fused-ring (bicyclic) bond motifs is 14. The van der Waals surface area contributed by atoms with Crippen LogP contribution in [-0.2, 0) is 47.3 Å². The quantitative estimate of drug-likeness (QED) is 0.151. The van der Waals surface area contributed by atoms with Crippen LogP contribution in [0.3, 0.4) is 0 Å². The molecular formula is C88H82N4. The highest BCUT2D eigenvalue weighted by Crippen LogP contribution is 2.54. The summed E-state index contributed by atoms with van der Waals surface area (Å²) in [6.45, 7) is 27.9. The number of para-hydroxylation sites is 2. The molecule has 4 heteroatoms. The summed E-state index contributed by atoms with van der Waals surface area (Å²) < 4.78 is 5.22. The molecule has 0 N–H and O–H groups in total. The van der Waals surface area contributed by atoms with Gasteiger partial charge in [-0.1, -0.05) is 204 Å². The number of rotatable bonds is 8. The van der Waals surface area contributed by atoms with Gasteiger partial charge in [-0.2, -0.15) is 0 Å². The predicted octanol–water partition coefficient (Wildman–Crippen LogP) is 24.4. The molecule has 11 aromatic carbocycles. The molecule has 92 heavy (non-hydrogen) atoms. The molecule has 0 unspecified atom stereocenters. The fourth-order valence-corrected chi connectivity index (χ4v) is 16.2. The van der Waals surface area contributed by atoms with Crippen LogP contribution in [-0.4, -0.2) is 8.80 Å². The minimum Gasteiger partial charge on any atom is -0.309 e. The molecule has 0 atom stereocenters. The molecule has 0 bridgehead atoms. The summed E-state index contributed by atoms with van der Waals surface area (Å²) in [4.78, 5) is 5.23. The second-order valence-corrected chi connectivity index (χ2v) is 31.2. The molecule has 454 valence electrons. The Hall–Kier alpha value is -9.38. The molecule has 4 nitrogen and oxygen atoms in total. The maximum atomic E-state index is 2.62. The van der Waals surface area contributed by atoms with E-state index in [9.17, 15) is 0 Å². The molecule has 0 saturated heterocycles. The summed E-state index contributed by atoms with van der Waals surface area (Å²) in [5.41, 5.74) is 30.7. The summed E-state index contributed by atoms with van der Waals surface area (Å²) in [6, 6.07) is 81.3. The Kier molecular flexibility index (Phi) is 12.3. The van der Waals surface area contributed by atoms with Crippen molar-refractivity contribution < 1.29 is 0 Å². The Morgan fingerprint density at radius 3 is 1.03 bits per heavy atom. The maximum absolute atomic E-state index is 2.62. The SMILES string of the molecule is CC(C)(C)c1ccc(-c2cc(C(C)(C)C)ccc2N(c2ccc3c(c2)CCC3)c2ccc3c4cc5c(cc4n4c6ccccc6c2c34)c2ccc(N(c3ccc4c(c3)CCC4)c3ccc(C(C)(C)C)cc3-c3ccc(C(C)(C)C)cc3)c3c4ccccc4n5c23)cc1. The number of anilines is 6. The number of nitrogens with zero attached hydrogens (tertiary/aromatic N) is 4. The second-order valence-electron chi connectivity index (χ2n) is 31.2. The van der Waals surface area contributed by atoms with Crippen LogP contribution in [0.5, 0.6) is 0 Å². The van der Waals surface area contributed by atoms with E-state index in [4.69, 9.17) is 0 Å². The van der Waals surface area contributed by atoms with Gasteiger partial charge in [0.25, 0.3) is 0 Å².